The highest BCUT2D eigenvalue weighted by Gasteiger charge is 2.28. The van der Waals surface area contributed by atoms with Gasteiger partial charge in [0, 0.05) is 6.20 Å². The minimum Gasteiger partial charge on any atom is -0.245 e. The van der Waals surface area contributed by atoms with E-state index in [-0.39, 0.29) is 17.7 Å². The molecule has 0 atom stereocenters. The molecular formula is C8H4F3N2. The lowest BCUT2D eigenvalue weighted by Crippen LogP contribution is -2.08. The van der Waals surface area contributed by atoms with Crippen LogP contribution in [0.3, 0.4) is 0 Å². The number of halogens is 3. The van der Waals surface area contributed by atoms with Crippen molar-refractivity contribution in [1.82, 2.24) is 4.98 Å². The standard InChI is InChI=1S/C8H4F3N2/c9-8(10,11)3-6-1-2-7(4-12)13-5-6/h1-3,5H. The molecule has 0 saturated carbocycles. The maximum atomic E-state index is 11.8. The van der Waals surface area contributed by atoms with E-state index < -0.39 is 6.18 Å². The van der Waals surface area contributed by atoms with Crippen molar-refractivity contribution in [3.05, 3.63) is 36.0 Å². The number of hydrogen-bond donors (Lipinski definition) is 0. The summed E-state index contributed by atoms with van der Waals surface area (Å²) in [5.41, 5.74) is 0.0332. The van der Waals surface area contributed by atoms with E-state index in [0.29, 0.717) is 0 Å². The van der Waals surface area contributed by atoms with E-state index in [2.05, 4.69) is 4.98 Å². The third kappa shape index (κ3) is 3.11. The highest BCUT2D eigenvalue weighted by molar-refractivity contribution is 5.27. The number of rotatable bonds is 1. The molecule has 0 aliphatic heterocycles. The molecule has 1 radical (unpaired) electrons. The highest BCUT2D eigenvalue weighted by Crippen LogP contribution is 2.22. The molecule has 0 aromatic carbocycles. The van der Waals surface area contributed by atoms with Crippen LogP contribution in [-0.4, -0.2) is 11.2 Å². The molecule has 0 spiro atoms. The lowest BCUT2D eigenvalue weighted by molar-refractivity contribution is -0.0928. The van der Waals surface area contributed by atoms with Crippen LogP contribution in [0.25, 0.3) is 0 Å². The van der Waals surface area contributed by atoms with Gasteiger partial charge in [-0.1, -0.05) is 6.07 Å². The summed E-state index contributed by atoms with van der Waals surface area (Å²) in [5, 5.41) is 8.32. The Bertz CT molecular complexity index is 321. The summed E-state index contributed by atoms with van der Waals surface area (Å²) in [6.07, 6.45) is -3.22. The van der Waals surface area contributed by atoms with E-state index in [0.717, 1.165) is 6.20 Å². The summed E-state index contributed by atoms with van der Waals surface area (Å²) in [6.45, 7) is 0. The minimum absolute atomic E-state index is 0.0634. The van der Waals surface area contributed by atoms with Gasteiger partial charge >= 0.3 is 6.18 Å². The van der Waals surface area contributed by atoms with Crippen LogP contribution in [0.1, 0.15) is 11.3 Å². The molecule has 2 nitrogen and oxygen atoms in total. The van der Waals surface area contributed by atoms with E-state index >= 15 is 0 Å². The van der Waals surface area contributed by atoms with Crippen LogP contribution in [0.15, 0.2) is 18.3 Å². The first-order valence-corrected chi connectivity index (χ1v) is 3.30. The van der Waals surface area contributed by atoms with Crippen molar-refractivity contribution in [2.75, 3.05) is 0 Å². The average molecular weight is 185 g/mol. The normalized spacial score (nSPS) is 10.9. The van der Waals surface area contributed by atoms with Gasteiger partial charge in [0.05, 0.1) is 6.42 Å². The van der Waals surface area contributed by atoms with E-state index in [1.54, 1.807) is 6.07 Å². The largest absolute Gasteiger partial charge is 0.396 e. The fourth-order valence-electron chi connectivity index (χ4n) is 0.746. The lowest BCUT2D eigenvalue weighted by atomic mass is 10.2. The molecule has 0 bridgehead atoms. The van der Waals surface area contributed by atoms with E-state index in [1.165, 1.54) is 12.1 Å². The summed E-state index contributed by atoms with van der Waals surface area (Å²) in [6, 6.07) is 4.14. The smallest absolute Gasteiger partial charge is 0.245 e. The number of aromatic nitrogens is 1. The third-order valence-electron chi connectivity index (χ3n) is 1.23. The quantitative estimate of drug-likeness (QED) is 0.671. The monoisotopic (exact) mass is 185 g/mol. The van der Waals surface area contributed by atoms with Gasteiger partial charge in [-0.05, 0) is 11.6 Å². The number of nitriles is 1. The predicted molar refractivity (Wildman–Crippen MR) is 38.4 cm³/mol. The molecule has 1 heterocycles. The molecule has 67 valence electrons. The van der Waals surface area contributed by atoms with Crippen LogP contribution >= 0.6 is 0 Å². The average Bonchev–Trinajstić information content (AvgIpc) is 2.03. The molecule has 0 amide bonds. The number of alkyl halides is 3. The fourth-order valence-corrected chi connectivity index (χ4v) is 0.746. The van der Waals surface area contributed by atoms with Crippen molar-refractivity contribution in [3.63, 3.8) is 0 Å². The van der Waals surface area contributed by atoms with Crippen LogP contribution < -0.4 is 0 Å². The zero-order valence-corrected chi connectivity index (χ0v) is 6.34. The Morgan fingerprint density at radius 2 is 2.08 bits per heavy atom. The Hall–Kier alpha value is -1.57. The van der Waals surface area contributed by atoms with Gasteiger partial charge in [-0.2, -0.15) is 18.4 Å². The molecule has 0 aliphatic rings. The van der Waals surface area contributed by atoms with Crippen molar-refractivity contribution >= 4 is 0 Å². The molecule has 0 N–H and O–H groups in total. The molecule has 0 aliphatic carbocycles. The first kappa shape index (κ1) is 9.52. The zero-order valence-electron chi connectivity index (χ0n) is 6.34. The summed E-state index contributed by atoms with van der Waals surface area (Å²) < 4.78 is 35.3. The second-order valence-corrected chi connectivity index (χ2v) is 2.27. The van der Waals surface area contributed by atoms with Gasteiger partial charge in [0.25, 0.3) is 0 Å². The SMILES string of the molecule is N#Cc1ccc([CH]C(F)(F)F)cn1. The second-order valence-electron chi connectivity index (χ2n) is 2.27. The zero-order chi connectivity index (χ0) is 9.90. The first-order chi connectivity index (χ1) is 6.01. The lowest BCUT2D eigenvalue weighted by Gasteiger charge is -2.04. The Kier molecular flexibility index (Phi) is 2.52. The molecule has 13 heavy (non-hydrogen) atoms. The molecule has 0 unspecified atom stereocenters. The van der Waals surface area contributed by atoms with Gasteiger partial charge in [0.2, 0.25) is 0 Å². The first-order valence-electron chi connectivity index (χ1n) is 3.30. The Morgan fingerprint density at radius 3 is 2.46 bits per heavy atom. The summed E-state index contributed by atoms with van der Waals surface area (Å²) in [5.74, 6) is 0. The van der Waals surface area contributed by atoms with Crippen LogP contribution in [0.2, 0.25) is 0 Å². The topological polar surface area (TPSA) is 36.7 Å². The molecule has 1 rings (SSSR count). The van der Waals surface area contributed by atoms with Gasteiger partial charge < -0.3 is 0 Å². The predicted octanol–water partition coefficient (Wildman–Crippen LogP) is 2.07. The van der Waals surface area contributed by atoms with Gasteiger partial charge in [0.1, 0.15) is 11.8 Å². The molecule has 1 aromatic heterocycles. The number of hydrogen-bond acceptors (Lipinski definition) is 2. The number of nitrogens with zero attached hydrogens (tertiary/aromatic N) is 2. The van der Waals surface area contributed by atoms with Gasteiger partial charge in [-0.25, -0.2) is 4.98 Å². The Labute approximate surface area is 72.6 Å². The summed E-state index contributed by atoms with van der Waals surface area (Å²) >= 11 is 0. The summed E-state index contributed by atoms with van der Waals surface area (Å²) in [7, 11) is 0. The van der Waals surface area contributed by atoms with E-state index in [9.17, 15) is 13.2 Å². The van der Waals surface area contributed by atoms with Gasteiger partial charge in [0.15, 0.2) is 0 Å². The van der Waals surface area contributed by atoms with Crippen LogP contribution in [0.5, 0.6) is 0 Å². The van der Waals surface area contributed by atoms with Crippen molar-refractivity contribution < 1.29 is 13.2 Å². The van der Waals surface area contributed by atoms with Crippen molar-refractivity contribution in [3.8, 4) is 6.07 Å². The molecule has 1 aromatic rings. The molecule has 0 fully saturated rings. The van der Waals surface area contributed by atoms with Crippen LogP contribution in [0.4, 0.5) is 13.2 Å². The Morgan fingerprint density at radius 1 is 1.38 bits per heavy atom. The molecular weight excluding hydrogens is 181 g/mol. The van der Waals surface area contributed by atoms with Crippen molar-refractivity contribution in [1.29, 1.82) is 5.26 Å². The Balaban J connectivity index is 2.77. The van der Waals surface area contributed by atoms with Crippen molar-refractivity contribution in [2.24, 2.45) is 0 Å². The highest BCUT2D eigenvalue weighted by atomic mass is 19.4. The van der Waals surface area contributed by atoms with Gasteiger partial charge in [-0.3, -0.25) is 0 Å². The maximum absolute atomic E-state index is 11.8. The van der Waals surface area contributed by atoms with Crippen LogP contribution in [-0.2, 0) is 0 Å². The summed E-state index contributed by atoms with van der Waals surface area (Å²) in [4.78, 5) is 3.49. The maximum Gasteiger partial charge on any atom is 0.396 e. The van der Waals surface area contributed by atoms with Crippen molar-refractivity contribution in [2.45, 2.75) is 6.18 Å². The fraction of sp³-hybridized carbons (Fsp3) is 0.125. The van der Waals surface area contributed by atoms with E-state index in [1.807, 2.05) is 0 Å². The molecule has 5 heteroatoms. The van der Waals surface area contributed by atoms with Gasteiger partial charge in [-0.15, -0.1) is 0 Å². The number of pyridine rings is 1. The van der Waals surface area contributed by atoms with E-state index in [4.69, 9.17) is 5.26 Å². The minimum atomic E-state index is -4.35. The third-order valence-corrected chi connectivity index (χ3v) is 1.23. The van der Waals surface area contributed by atoms with Crippen LogP contribution in [0, 0.1) is 17.8 Å². The molecule has 0 saturated heterocycles. The second kappa shape index (κ2) is 3.44.